The first-order valence-corrected chi connectivity index (χ1v) is 8.71. The van der Waals surface area contributed by atoms with Gasteiger partial charge in [0.1, 0.15) is 0 Å². The zero-order valence-corrected chi connectivity index (χ0v) is 13.4. The molecule has 1 heterocycles. The molecule has 0 aromatic heterocycles. The summed E-state index contributed by atoms with van der Waals surface area (Å²) >= 11 is 3.33. The van der Waals surface area contributed by atoms with Gasteiger partial charge >= 0.3 is 0 Å². The molecule has 1 aromatic carbocycles. The summed E-state index contributed by atoms with van der Waals surface area (Å²) in [4.78, 5) is 0.326. The van der Waals surface area contributed by atoms with Gasteiger partial charge in [-0.25, -0.2) is 8.42 Å². The average Bonchev–Trinajstić information content (AvgIpc) is 2.88. The highest BCUT2D eigenvalue weighted by Crippen LogP contribution is 2.30. The molecule has 0 radical (unpaired) electrons. The predicted octanol–water partition coefficient (Wildman–Crippen LogP) is 2.33. The van der Waals surface area contributed by atoms with E-state index in [0.29, 0.717) is 34.9 Å². The summed E-state index contributed by atoms with van der Waals surface area (Å²) in [7, 11) is -3.41. The first-order chi connectivity index (χ1) is 8.98. The van der Waals surface area contributed by atoms with Gasteiger partial charge in [0.2, 0.25) is 10.0 Å². The lowest BCUT2D eigenvalue weighted by atomic mass is 10.1. The second-order valence-corrected chi connectivity index (χ2v) is 7.66. The summed E-state index contributed by atoms with van der Waals surface area (Å²) in [5.74, 6) is 0.478. The van der Waals surface area contributed by atoms with E-state index in [4.69, 9.17) is 5.73 Å². The molecule has 106 valence electrons. The molecule has 2 N–H and O–H groups in total. The fourth-order valence-electron chi connectivity index (χ4n) is 2.36. The van der Waals surface area contributed by atoms with Gasteiger partial charge in [0.25, 0.3) is 0 Å². The monoisotopic (exact) mass is 346 g/mol. The van der Waals surface area contributed by atoms with E-state index >= 15 is 0 Å². The lowest BCUT2D eigenvalue weighted by Gasteiger charge is -2.18. The van der Waals surface area contributed by atoms with Gasteiger partial charge in [-0.1, -0.05) is 19.4 Å². The summed E-state index contributed by atoms with van der Waals surface area (Å²) < 4.78 is 27.5. The molecule has 1 unspecified atom stereocenters. The largest absolute Gasteiger partial charge is 0.326 e. The van der Waals surface area contributed by atoms with Crippen LogP contribution in [0.2, 0.25) is 0 Å². The fraction of sp³-hybridized carbons (Fsp3) is 0.538. The summed E-state index contributed by atoms with van der Waals surface area (Å²) in [5.41, 5.74) is 6.41. The Morgan fingerprint density at radius 3 is 2.79 bits per heavy atom. The van der Waals surface area contributed by atoms with Crippen LogP contribution in [0.4, 0.5) is 0 Å². The van der Waals surface area contributed by atoms with Gasteiger partial charge in [-0.2, -0.15) is 4.31 Å². The molecule has 0 aliphatic carbocycles. The highest BCUT2D eigenvalue weighted by atomic mass is 79.9. The Hall–Kier alpha value is -0.430. The maximum absolute atomic E-state index is 12.6. The second kappa shape index (κ2) is 5.91. The van der Waals surface area contributed by atoms with E-state index in [1.807, 2.05) is 6.07 Å². The van der Waals surface area contributed by atoms with Crippen molar-refractivity contribution in [3.05, 3.63) is 28.2 Å². The Morgan fingerprint density at radius 1 is 1.47 bits per heavy atom. The number of nitrogens with two attached hydrogens (primary N) is 1. The van der Waals surface area contributed by atoms with E-state index in [0.717, 1.165) is 18.4 Å². The van der Waals surface area contributed by atoms with Crippen molar-refractivity contribution in [2.24, 2.45) is 11.7 Å². The van der Waals surface area contributed by atoms with Crippen LogP contribution in [0, 0.1) is 5.92 Å². The van der Waals surface area contributed by atoms with E-state index in [2.05, 4.69) is 22.9 Å². The van der Waals surface area contributed by atoms with E-state index in [9.17, 15) is 8.42 Å². The minimum atomic E-state index is -3.41. The number of nitrogens with zero attached hydrogens (tertiary/aromatic N) is 1. The van der Waals surface area contributed by atoms with Gasteiger partial charge in [0, 0.05) is 24.1 Å². The highest BCUT2D eigenvalue weighted by Gasteiger charge is 2.32. The summed E-state index contributed by atoms with van der Waals surface area (Å²) in [6, 6.07) is 5.25. The van der Waals surface area contributed by atoms with Crippen LogP contribution in [0.25, 0.3) is 0 Å². The molecule has 1 saturated heterocycles. The average molecular weight is 347 g/mol. The summed E-state index contributed by atoms with van der Waals surface area (Å²) in [6.07, 6.45) is 1.97. The zero-order valence-electron chi connectivity index (χ0n) is 11.0. The lowest BCUT2D eigenvalue weighted by molar-refractivity contribution is 0.452. The van der Waals surface area contributed by atoms with Gasteiger partial charge in [-0.15, -0.1) is 0 Å². The number of hydrogen-bond donors (Lipinski definition) is 1. The summed E-state index contributed by atoms with van der Waals surface area (Å²) in [6.45, 7) is 3.68. The Labute approximate surface area is 123 Å². The van der Waals surface area contributed by atoms with E-state index < -0.39 is 10.0 Å². The van der Waals surface area contributed by atoms with Crippen molar-refractivity contribution in [3.8, 4) is 0 Å². The Morgan fingerprint density at radius 2 is 2.21 bits per heavy atom. The minimum absolute atomic E-state index is 0.326. The van der Waals surface area contributed by atoms with E-state index in [-0.39, 0.29) is 0 Å². The van der Waals surface area contributed by atoms with Gasteiger partial charge in [-0.3, -0.25) is 0 Å². The van der Waals surface area contributed by atoms with Crippen LogP contribution in [-0.4, -0.2) is 25.8 Å². The number of halogens is 1. The van der Waals surface area contributed by atoms with Crippen LogP contribution >= 0.6 is 15.9 Å². The molecule has 1 aromatic rings. The Kier molecular flexibility index (Phi) is 4.66. The fourth-order valence-corrected chi connectivity index (χ4v) is 4.87. The molecular formula is C13H19BrN2O2S. The third-order valence-corrected chi connectivity index (χ3v) is 6.53. The van der Waals surface area contributed by atoms with Crippen molar-refractivity contribution in [3.63, 3.8) is 0 Å². The van der Waals surface area contributed by atoms with Crippen LogP contribution in [0.1, 0.15) is 25.3 Å². The normalized spacial score (nSPS) is 20.9. The van der Waals surface area contributed by atoms with Crippen molar-refractivity contribution < 1.29 is 8.42 Å². The molecule has 4 nitrogen and oxygen atoms in total. The molecule has 1 aliphatic rings. The minimum Gasteiger partial charge on any atom is -0.326 e. The molecule has 19 heavy (non-hydrogen) atoms. The molecule has 6 heteroatoms. The van der Waals surface area contributed by atoms with Gasteiger partial charge in [0.05, 0.1) is 4.90 Å². The maximum Gasteiger partial charge on any atom is 0.244 e. The van der Waals surface area contributed by atoms with Crippen LogP contribution < -0.4 is 5.73 Å². The van der Waals surface area contributed by atoms with Gasteiger partial charge in [-0.05, 0) is 46.0 Å². The van der Waals surface area contributed by atoms with Crippen LogP contribution in [0.3, 0.4) is 0 Å². The molecule has 1 fully saturated rings. The van der Waals surface area contributed by atoms with Crippen LogP contribution in [-0.2, 0) is 16.6 Å². The third kappa shape index (κ3) is 3.02. The van der Waals surface area contributed by atoms with Crippen molar-refractivity contribution in [2.75, 3.05) is 13.1 Å². The Bertz CT molecular complexity index is 560. The number of hydrogen-bond acceptors (Lipinski definition) is 3. The molecule has 0 bridgehead atoms. The molecule has 1 atom stereocenters. The molecule has 1 aliphatic heterocycles. The van der Waals surface area contributed by atoms with E-state index in [1.165, 1.54) is 0 Å². The second-order valence-electron chi connectivity index (χ2n) is 4.89. The number of rotatable bonds is 4. The van der Waals surface area contributed by atoms with Crippen molar-refractivity contribution in [1.82, 2.24) is 4.31 Å². The third-order valence-electron chi connectivity index (χ3n) is 3.68. The summed E-state index contributed by atoms with van der Waals surface area (Å²) in [5, 5.41) is 0. The predicted molar refractivity (Wildman–Crippen MR) is 79.2 cm³/mol. The van der Waals surface area contributed by atoms with Crippen molar-refractivity contribution in [1.29, 1.82) is 0 Å². The van der Waals surface area contributed by atoms with Gasteiger partial charge in [0.15, 0.2) is 0 Å². The number of benzene rings is 1. The smallest absolute Gasteiger partial charge is 0.244 e. The number of sulfonamides is 1. The SMILES string of the molecule is CCC1CCN(S(=O)(=O)c2cc(CN)ccc2Br)C1. The van der Waals surface area contributed by atoms with Crippen LogP contribution in [0.15, 0.2) is 27.6 Å². The van der Waals surface area contributed by atoms with Gasteiger partial charge < -0.3 is 5.73 Å². The topological polar surface area (TPSA) is 63.4 Å². The van der Waals surface area contributed by atoms with Crippen molar-refractivity contribution >= 4 is 26.0 Å². The molecule has 0 saturated carbocycles. The maximum atomic E-state index is 12.6. The Balaban J connectivity index is 2.34. The standard InChI is InChI=1S/C13H19BrN2O2S/c1-2-10-5-6-16(9-10)19(17,18)13-7-11(8-15)3-4-12(13)14/h3-4,7,10H,2,5-6,8-9,15H2,1H3. The van der Waals surface area contributed by atoms with Crippen molar-refractivity contribution in [2.45, 2.75) is 31.2 Å². The van der Waals surface area contributed by atoms with Crippen LogP contribution in [0.5, 0.6) is 0 Å². The zero-order chi connectivity index (χ0) is 14.0. The first-order valence-electron chi connectivity index (χ1n) is 6.47. The molecular weight excluding hydrogens is 328 g/mol. The molecule has 0 amide bonds. The first kappa shape index (κ1) is 15.0. The molecule has 2 rings (SSSR count). The lowest BCUT2D eigenvalue weighted by Crippen LogP contribution is -2.29. The van der Waals surface area contributed by atoms with E-state index in [1.54, 1.807) is 16.4 Å². The molecule has 0 spiro atoms. The quantitative estimate of drug-likeness (QED) is 0.909. The highest BCUT2D eigenvalue weighted by molar-refractivity contribution is 9.10.